The molecular formula is C15H24N4O5S. The van der Waals surface area contributed by atoms with Gasteiger partial charge >= 0.3 is 0 Å². The Morgan fingerprint density at radius 1 is 1.28 bits per heavy atom. The minimum atomic E-state index is -3.72. The van der Waals surface area contributed by atoms with Crippen LogP contribution in [0.4, 0.5) is 0 Å². The predicted octanol–water partition coefficient (Wildman–Crippen LogP) is -0.870. The molecule has 1 rings (SSSR count). The number of carbonyl (C=O) groups excluding carboxylic acids is 2. The van der Waals surface area contributed by atoms with Gasteiger partial charge in [0.05, 0.1) is 4.90 Å². The van der Waals surface area contributed by atoms with Crippen molar-refractivity contribution in [3.63, 3.8) is 0 Å². The Morgan fingerprint density at radius 2 is 1.92 bits per heavy atom. The van der Waals surface area contributed by atoms with E-state index in [1.165, 1.54) is 27.1 Å². The van der Waals surface area contributed by atoms with Crippen LogP contribution in [-0.2, 0) is 26.2 Å². The third kappa shape index (κ3) is 5.68. The van der Waals surface area contributed by atoms with Gasteiger partial charge in [0.1, 0.15) is 12.6 Å². The predicted molar refractivity (Wildman–Crippen MR) is 92.5 cm³/mol. The van der Waals surface area contributed by atoms with Crippen LogP contribution >= 0.6 is 0 Å². The van der Waals surface area contributed by atoms with Crippen molar-refractivity contribution in [2.24, 2.45) is 0 Å². The molecule has 2 N–H and O–H groups in total. The normalized spacial score (nSPS) is 12.7. The Hall–Kier alpha value is -2.20. The molecule has 0 saturated carbocycles. The molecule has 0 bridgehead atoms. The van der Waals surface area contributed by atoms with Crippen LogP contribution in [0.2, 0.25) is 0 Å². The standard InChI is InChI=1S/C15H24N4O5S/c1-5-8-16-15(22)11(2)17-13(20)10-19-9-12(6-7-14(19)21)25(23,24)18(3)4/h6-7,9,11H,5,8,10H2,1-4H3,(H,16,22)(H,17,20)/t11-/m0/s1. The first-order valence-electron chi connectivity index (χ1n) is 7.79. The first kappa shape index (κ1) is 20.8. The maximum Gasteiger partial charge on any atom is 0.251 e. The van der Waals surface area contributed by atoms with Crippen molar-refractivity contribution < 1.29 is 18.0 Å². The zero-order chi connectivity index (χ0) is 19.2. The van der Waals surface area contributed by atoms with Crippen LogP contribution in [0.3, 0.4) is 0 Å². The molecule has 1 atom stereocenters. The summed E-state index contributed by atoms with van der Waals surface area (Å²) in [5.41, 5.74) is -0.518. The number of amides is 2. The topological polar surface area (TPSA) is 118 Å². The second-order valence-electron chi connectivity index (χ2n) is 5.70. The molecule has 0 aliphatic heterocycles. The maximum absolute atomic E-state index is 12.1. The zero-order valence-corrected chi connectivity index (χ0v) is 15.6. The molecule has 0 saturated heterocycles. The van der Waals surface area contributed by atoms with Gasteiger partial charge in [-0.15, -0.1) is 0 Å². The number of sulfonamides is 1. The van der Waals surface area contributed by atoms with Crippen LogP contribution in [0.5, 0.6) is 0 Å². The van der Waals surface area contributed by atoms with Crippen molar-refractivity contribution >= 4 is 21.8 Å². The van der Waals surface area contributed by atoms with E-state index in [0.717, 1.165) is 27.6 Å². The van der Waals surface area contributed by atoms with Crippen LogP contribution in [0.15, 0.2) is 28.0 Å². The molecule has 0 aliphatic rings. The molecule has 1 aromatic heterocycles. The van der Waals surface area contributed by atoms with Crippen molar-refractivity contribution in [2.45, 2.75) is 37.8 Å². The van der Waals surface area contributed by atoms with Crippen molar-refractivity contribution in [2.75, 3.05) is 20.6 Å². The summed E-state index contributed by atoms with van der Waals surface area (Å²) in [6.07, 6.45) is 1.88. The minimum Gasteiger partial charge on any atom is -0.354 e. The van der Waals surface area contributed by atoms with Gasteiger partial charge in [0, 0.05) is 32.9 Å². The highest BCUT2D eigenvalue weighted by atomic mass is 32.2. The lowest BCUT2D eigenvalue weighted by Gasteiger charge is -2.15. The molecule has 10 heteroatoms. The maximum atomic E-state index is 12.1. The highest BCUT2D eigenvalue weighted by Gasteiger charge is 2.19. The SMILES string of the molecule is CCCNC(=O)[C@H](C)NC(=O)Cn1cc(S(=O)(=O)N(C)C)ccc1=O. The molecule has 0 aromatic carbocycles. The van der Waals surface area contributed by atoms with Crippen molar-refractivity contribution in [3.05, 3.63) is 28.7 Å². The molecule has 25 heavy (non-hydrogen) atoms. The Labute approximate surface area is 147 Å². The molecule has 140 valence electrons. The summed E-state index contributed by atoms with van der Waals surface area (Å²) in [6, 6.07) is 1.51. The number of aromatic nitrogens is 1. The van der Waals surface area contributed by atoms with Gasteiger partial charge < -0.3 is 15.2 Å². The van der Waals surface area contributed by atoms with Gasteiger partial charge in [-0.25, -0.2) is 12.7 Å². The minimum absolute atomic E-state index is 0.0985. The van der Waals surface area contributed by atoms with Gasteiger partial charge in [0.15, 0.2) is 0 Å². The highest BCUT2D eigenvalue weighted by molar-refractivity contribution is 7.89. The van der Waals surface area contributed by atoms with E-state index in [1.807, 2.05) is 6.92 Å². The molecule has 1 heterocycles. The lowest BCUT2D eigenvalue weighted by Crippen LogP contribution is -2.46. The van der Waals surface area contributed by atoms with E-state index in [1.54, 1.807) is 0 Å². The number of nitrogens with one attached hydrogen (secondary N) is 2. The Bertz CT molecular complexity index is 785. The van der Waals surface area contributed by atoms with Gasteiger partial charge in [-0.05, 0) is 19.4 Å². The average molecular weight is 372 g/mol. The fourth-order valence-electron chi connectivity index (χ4n) is 1.91. The largest absolute Gasteiger partial charge is 0.354 e. The van der Waals surface area contributed by atoms with E-state index in [-0.39, 0.29) is 17.3 Å². The van der Waals surface area contributed by atoms with Crippen LogP contribution in [0, 0.1) is 0 Å². The number of hydrogen-bond donors (Lipinski definition) is 2. The molecule has 9 nitrogen and oxygen atoms in total. The number of pyridine rings is 1. The Morgan fingerprint density at radius 3 is 2.48 bits per heavy atom. The van der Waals surface area contributed by atoms with Crippen LogP contribution < -0.4 is 16.2 Å². The van der Waals surface area contributed by atoms with Crippen molar-refractivity contribution in [1.29, 1.82) is 0 Å². The van der Waals surface area contributed by atoms with E-state index in [0.29, 0.717) is 6.54 Å². The van der Waals surface area contributed by atoms with Gasteiger partial charge in [0.2, 0.25) is 21.8 Å². The van der Waals surface area contributed by atoms with Gasteiger partial charge in [-0.3, -0.25) is 14.4 Å². The first-order valence-corrected chi connectivity index (χ1v) is 9.23. The summed E-state index contributed by atoms with van der Waals surface area (Å²) >= 11 is 0. The van der Waals surface area contributed by atoms with Crippen LogP contribution in [0.1, 0.15) is 20.3 Å². The lowest BCUT2D eigenvalue weighted by atomic mass is 10.3. The summed E-state index contributed by atoms with van der Waals surface area (Å²) in [5, 5.41) is 5.12. The van der Waals surface area contributed by atoms with E-state index in [2.05, 4.69) is 10.6 Å². The fourth-order valence-corrected chi connectivity index (χ4v) is 2.83. The summed E-state index contributed by atoms with van der Waals surface area (Å²) in [7, 11) is -0.983. The van der Waals surface area contributed by atoms with Gasteiger partial charge in [0.25, 0.3) is 5.56 Å². The third-order valence-electron chi connectivity index (χ3n) is 3.37. The molecule has 0 aliphatic carbocycles. The summed E-state index contributed by atoms with van der Waals surface area (Å²) in [6.45, 7) is 3.55. The molecule has 0 unspecified atom stereocenters. The first-order chi connectivity index (χ1) is 11.6. The summed E-state index contributed by atoms with van der Waals surface area (Å²) in [5.74, 6) is -0.896. The summed E-state index contributed by atoms with van der Waals surface area (Å²) in [4.78, 5) is 35.5. The number of rotatable bonds is 8. The molecule has 0 fully saturated rings. The van der Waals surface area contributed by atoms with Crippen LogP contribution in [0.25, 0.3) is 0 Å². The molecule has 2 amide bonds. The summed E-state index contributed by atoms with van der Waals surface area (Å²) < 4.78 is 26.2. The number of carbonyl (C=O) groups is 2. The Balaban J connectivity index is 2.87. The average Bonchev–Trinajstić information content (AvgIpc) is 2.54. The van der Waals surface area contributed by atoms with Gasteiger partial charge in [-0.1, -0.05) is 6.92 Å². The Kier molecular flexibility index (Phi) is 7.31. The second kappa shape index (κ2) is 8.77. The third-order valence-corrected chi connectivity index (χ3v) is 5.17. The molecular weight excluding hydrogens is 348 g/mol. The molecule has 1 aromatic rings. The van der Waals surface area contributed by atoms with E-state index < -0.39 is 27.5 Å². The van der Waals surface area contributed by atoms with Crippen molar-refractivity contribution in [1.82, 2.24) is 19.5 Å². The smallest absolute Gasteiger partial charge is 0.251 e. The van der Waals surface area contributed by atoms with Crippen molar-refractivity contribution in [3.8, 4) is 0 Å². The van der Waals surface area contributed by atoms with Gasteiger partial charge in [-0.2, -0.15) is 0 Å². The number of hydrogen-bond acceptors (Lipinski definition) is 5. The molecule has 0 radical (unpaired) electrons. The highest BCUT2D eigenvalue weighted by Crippen LogP contribution is 2.10. The monoisotopic (exact) mass is 372 g/mol. The van der Waals surface area contributed by atoms with E-state index in [4.69, 9.17) is 0 Å². The van der Waals surface area contributed by atoms with E-state index in [9.17, 15) is 22.8 Å². The second-order valence-corrected chi connectivity index (χ2v) is 7.85. The zero-order valence-electron chi connectivity index (χ0n) is 14.8. The van der Waals surface area contributed by atoms with Crippen LogP contribution in [-0.4, -0.2) is 55.8 Å². The number of nitrogens with zero attached hydrogens (tertiary/aromatic N) is 2. The molecule has 0 spiro atoms. The lowest BCUT2D eigenvalue weighted by molar-refractivity contribution is -0.128. The van der Waals surface area contributed by atoms with E-state index >= 15 is 0 Å². The quantitative estimate of drug-likeness (QED) is 0.615. The fraction of sp³-hybridized carbons (Fsp3) is 0.533.